The molecule has 57 heavy (non-hydrogen) atoms. The summed E-state index contributed by atoms with van der Waals surface area (Å²) in [6, 6.07) is 31.0. The highest BCUT2D eigenvalue weighted by molar-refractivity contribution is 7.99. The van der Waals surface area contributed by atoms with Gasteiger partial charge in [-0.3, -0.25) is 14.2 Å². The van der Waals surface area contributed by atoms with Crippen molar-refractivity contribution >= 4 is 47.9 Å². The first-order chi connectivity index (χ1) is 26.9. The van der Waals surface area contributed by atoms with Crippen molar-refractivity contribution in [1.29, 1.82) is 0 Å². The molecule has 5 rings (SSSR count). The summed E-state index contributed by atoms with van der Waals surface area (Å²) in [5, 5.41) is 6.39. The van der Waals surface area contributed by atoms with Crippen LogP contribution in [0.5, 0.6) is 0 Å². The van der Waals surface area contributed by atoms with Crippen molar-refractivity contribution in [2.45, 2.75) is 88.5 Å². The Morgan fingerprint density at radius 1 is 0.825 bits per heavy atom. The number of carbonyl (C=O) groups is 3. The number of benzene rings is 4. The highest BCUT2D eigenvalue weighted by Gasteiger charge is 2.39. The summed E-state index contributed by atoms with van der Waals surface area (Å²) in [5.74, 6) is -3.55. The Morgan fingerprint density at radius 2 is 1.46 bits per heavy atom. The van der Waals surface area contributed by atoms with Gasteiger partial charge in [0.2, 0.25) is 19.2 Å². The Balaban J connectivity index is 1.45. The van der Waals surface area contributed by atoms with Gasteiger partial charge in [0.05, 0.1) is 5.92 Å². The third-order valence-corrected chi connectivity index (χ3v) is 13.4. The van der Waals surface area contributed by atoms with E-state index < -0.39 is 49.2 Å². The number of para-hydroxylation sites is 1. The molecule has 0 aliphatic heterocycles. The number of amides is 3. The summed E-state index contributed by atoms with van der Waals surface area (Å²) in [6.45, 7) is 12.8. The molecule has 0 saturated carbocycles. The van der Waals surface area contributed by atoms with Gasteiger partial charge >= 0.3 is 6.09 Å². The van der Waals surface area contributed by atoms with Crippen molar-refractivity contribution in [3.8, 4) is 0 Å². The maximum atomic E-state index is 14.7. The predicted molar refractivity (Wildman–Crippen MR) is 230 cm³/mol. The van der Waals surface area contributed by atoms with Crippen LogP contribution in [0.2, 0.25) is 0 Å². The highest BCUT2D eigenvalue weighted by atomic mass is 32.2. The number of carbonyl (C=O) groups excluding carboxylic acids is 3. The van der Waals surface area contributed by atoms with Gasteiger partial charge < -0.3 is 31.0 Å². The number of primary amides is 1. The molecule has 2 unspecified atom stereocenters. The van der Waals surface area contributed by atoms with Gasteiger partial charge in [0, 0.05) is 46.8 Å². The van der Waals surface area contributed by atoms with Crippen molar-refractivity contribution in [2.24, 2.45) is 11.7 Å². The molecule has 5 aromatic rings. The first-order valence-corrected chi connectivity index (χ1v) is 22.1. The average molecular weight is 811 g/mol. The molecule has 4 atom stereocenters. The van der Waals surface area contributed by atoms with Gasteiger partial charge in [-0.15, -0.1) is 11.8 Å². The van der Waals surface area contributed by atoms with E-state index in [1.54, 1.807) is 6.20 Å². The smallest absolute Gasteiger partial charge is 0.408 e. The maximum Gasteiger partial charge on any atom is 0.408 e. The molecule has 0 spiro atoms. The van der Waals surface area contributed by atoms with Crippen LogP contribution < -0.4 is 16.4 Å². The lowest BCUT2D eigenvalue weighted by molar-refractivity contribution is -0.129. The van der Waals surface area contributed by atoms with E-state index in [4.69, 9.17) is 10.5 Å². The number of nitrogens with two attached hydrogens (primary N) is 1. The summed E-state index contributed by atoms with van der Waals surface area (Å²) < 4.78 is 20.1. The maximum absolute atomic E-state index is 14.7. The second kappa shape index (κ2) is 18.6. The second-order valence-electron chi connectivity index (χ2n) is 16.6. The number of rotatable bonds is 16. The fourth-order valence-electron chi connectivity index (χ4n) is 6.62. The molecule has 0 radical (unpaired) electrons. The van der Waals surface area contributed by atoms with E-state index in [2.05, 4.69) is 69.3 Å². The van der Waals surface area contributed by atoms with Gasteiger partial charge in [0.25, 0.3) is 0 Å². The second-order valence-corrected chi connectivity index (χ2v) is 20.2. The Bertz CT molecular complexity index is 2200. The standard InChI is InChI=1S/C45H55N4O6PS/c1-44(2,3)34-21-22-39(36(25-34)45(4,5)6)57-29-33(42(51)48-38(41(46)50)24-32-26-47-37-20-14-13-19-35(32)37)28-56(53,54)40(23-30-15-9-7-10-16-30)49-43(52)55-27-31-17-11-8-12-18-31/h7-22,25-26,33,38,40,47H,23-24,27-29H2,1-6H3,(H2,46,50)(H,48,51)(H,49,52)(H,53,54)/t33?,38-,40+/m0/s1. The third kappa shape index (κ3) is 12.1. The first-order valence-electron chi connectivity index (χ1n) is 19.2. The number of thioether (sulfide) groups is 1. The number of aromatic nitrogens is 1. The van der Waals surface area contributed by atoms with Gasteiger partial charge in [-0.05, 0) is 50.8 Å². The summed E-state index contributed by atoms with van der Waals surface area (Å²) in [7, 11) is -4.39. The molecule has 6 N–H and O–H groups in total. The molecule has 302 valence electrons. The van der Waals surface area contributed by atoms with Crippen molar-refractivity contribution < 1.29 is 28.6 Å². The number of aromatic amines is 1. The van der Waals surface area contributed by atoms with Gasteiger partial charge in [-0.25, -0.2) is 4.79 Å². The van der Waals surface area contributed by atoms with Crippen molar-refractivity contribution in [2.75, 3.05) is 11.9 Å². The van der Waals surface area contributed by atoms with Crippen LogP contribution in [-0.4, -0.2) is 51.5 Å². The molecular weight excluding hydrogens is 756 g/mol. The summed E-state index contributed by atoms with van der Waals surface area (Å²) in [5.41, 5.74) is 11.0. The minimum absolute atomic E-state index is 0.0173. The number of ether oxygens (including phenoxy) is 1. The van der Waals surface area contributed by atoms with E-state index in [0.29, 0.717) is 0 Å². The van der Waals surface area contributed by atoms with Crippen LogP contribution >= 0.6 is 19.1 Å². The zero-order valence-corrected chi connectivity index (χ0v) is 35.3. The van der Waals surface area contributed by atoms with Gasteiger partial charge in [0.1, 0.15) is 18.4 Å². The van der Waals surface area contributed by atoms with E-state index in [0.717, 1.165) is 38.1 Å². The van der Waals surface area contributed by atoms with Crippen molar-refractivity contribution in [3.63, 3.8) is 0 Å². The van der Waals surface area contributed by atoms with E-state index in [1.165, 1.54) is 17.3 Å². The number of fused-ring (bicyclic) bond motifs is 1. The van der Waals surface area contributed by atoms with E-state index in [-0.39, 0.29) is 36.0 Å². The predicted octanol–water partition coefficient (Wildman–Crippen LogP) is 8.45. The van der Waals surface area contributed by atoms with Crippen LogP contribution in [0, 0.1) is 5.92 Å². The number of hydrogen-bond donors (Lipinski definition) is 5. The van der Waals surface area contributed by atoms with Gasteiger partial charge in [0.15, 0.2) is 0 Å². The monoisotopic (exact) mass is 810 g/mol. The average Bonchev–Trinajstić information content (AvgIpc) is 3.57. The molecule has 3 amide bonds. The largest absolute Gasteiger partial charge is 0.445 e. The molecule has 0 aliphatic rings. The summed E-state index contributed by atoms with van der Waals surface area (Å²) in [6.07, 6.45) is 0.588. The van der Waals surface area contributed by atoms with Gasteiger partial charge in [-0.1, -0.05) is 133 Å². The molecule has 0 bridgehead atoms. The topological polar surface area (TPSA) is 164 Å². The minimum atomic E-state index is -4.39. The summed E-state index contributed by atoms with van der Waals surface area (Å²) in [4.78, 5) is 56.6. The highest BCUT2D eigenvalue weighted by Crippen LogP contribution is 2.49. The SMILES string of the molecule is CC(C)(C)c1ccc(SCC(CP(=O)(O)[C@H](Cc2ccccc2)NC(=O)OCc2ccccc2)C(=O)N[C@@H](Cc2c[nH]c3ccccc23)C(N)=O)c(C(C)(C)C)c1. The van der Waals surface area contributed by atoms with Crippen LogP contribution in [-0.2, 0) is 49.2 Å². The lowest BCUT2D eigenvalue weighted by atomic mass is 9.81. The Labute approximate surface area is 340 Å². The molecule has 10 nitrogen and oxygen atoms in total. The van der Waals surface area contributed by atoms with Crippen LogP contribution in [0.15, 0.2) is 114 Å². The molecule has 12 heteroatoms. The number of hydrogen-bond acceptors (Lipinski definition) is 6. The molecule has 0 aliphatic carbocycles. The van der Waals surface area contributed by atoms with Crippen LogP contribution in [0.25, 0.3) is 10.9 Å². The number of H-pyrrole nitrogens is 1. The fraction of sp³-hybridized carbons (Fsp3) is 0.356. The lowest BCUT2D eigenvalue weighted by Gasteiger charge is -2.29. The summed E-state index contributed by atoms with van der Waals surface area (Å²) >= 11 is 1.42. The normalized spacial score (nSPS) is 14.6. The van der Waals surface area contributed by atoms with Crippen LogP contribution in [0.3, 0.4) is 0 Å². The first kappa shape index (κ1) is 43.3. The molecule has 0 saturated heterocycles. The Morgan fingerprint density at radius 3 is 2.09 bits per heavy atom. The number of nitrogens with one attached hydrogen (secondary N) is 3. The molecule has 4 aromatic carbocycles. The molecule has 1 aromatic heterocycles. The number of alkyl carbamates (subject to hydrolysis) is 1. The zero-order chi connectivity index (χ0) is 41.4. The van der Waals surface area contributed by atoms with E-state index in [1.807, 2.05) is 91.0 Å². The van der Waals surface area contributed by atoms with E-state index >= 15 is 0 Å². The lowest BCUT2D eigenvalue weighted by Crippen LogP contribution is -2.49. The Kier molecular flexibility index (Phi) is 14.1. The van der Waals surface area contributed by atoms with E-state index in [9.17, 15) is 23.8 Å². The molecule has 1 heterocycles. The van der Waals surface area contributed by atoms with Gasteiger partial charge in [-0.2, -0.15) is 0 Å². The molecule has 0 fully saturated rings. The van der Waals surface area contributed by atoms with Crippen LogP contribution in [0.4, 0.5) is 4.79 Å². The van der Waals surface area contributed by atoms with Crippen LogP contribution in [0.1, 0.15) is 69.4 Å². The fourth-order valence-corrected chi connectivity index (χ4v) is 10.1. The van der Waals surface area contributed by atoms with Crippen molar-refractivity contribution in [3.05, 3.63) is 137 Å². The third-order valence-electron chi connectivity index (χ3n) is 9.96. The zero-order valence-electron chi connectivity index (χ0n) is 33.6. The minimum Gasteiger partial charge on any atom is -0.445 e. The quantitative estimate of drug-likeness (QED) is 0.0493. The molecular formula is C45H55N4O6PS. The Hall–Kier alpha value is -4.83. The van der Waals surface area contributed by atoms with Crippen molar-refractivity contribution in [1.82, 2.24) is 15.6 Å².